The molecule has 0 bridgehead atoms. The molecule has 122 valence electrons. The van der Waals surface area contributed by atoms with Crippen LogP contribution >= 0.6 is 0 Å². The summed E-state index contributed by atoms with van der Waals surface area (Å²) >= 11 is 0. The molecule has 3 rings (SSSR count). The van der Waals surface area contributed by atoms with Crippen molar-refractivity contribution in [3.8, 4) is 0 Å². The summed E-state index contributed by atoms with van der Waals surface area (Å²) < 4.78 is 23.1. The number of rotatable bonds is 4. The molecule has 0 spiro atoms. The van der Waals surface area contributed by atoms with Crippen molar-refractivity contribution in [3.05, 3.63) is 30.0 Å². The van der Waals surface area contributed by atoms with E-state index >= 15 is 0 Å². The normalized spacial score (nSPS) is 33.1. The Labute approximate surface area is 131 Å². The fourth-order valence-corrected chi connectivity index (χ4v) is 3.17. The van der Waals surface area contributed by atoms with E-state index in [1.54, 1.807) is 6.26 Å². The molecule has 2 saturated heterocycles. The summed E-state index contributed by atoms with van der Waals surface area (Å²) in [4.78, 5) is 4.29. The van der Waals surface area contributed by atoms with E-state index in [1.165, 1.54) is 5.57 Å². The highest BCUT2D eigenvalue weighted by molar-refractivity contribution is 5.03. The number of hydrogen-bond acceptors (Lipinski definition) is 5. The van der Waals surface area contributed by atoms with E-state index in [-0.39, 0.29) is 12.2 Å². The van der Waals surface area contributed by atoms with Gasteiger partial charge in [-0.1, -0.05) is 19.1 Å². The number of hydrogen-bond donors (Lipinski definition) is 0. The molecule has 2 fully saturated rings. The van der Waals surface area contributed by atoms with Gasteiger partial charge < -0.3 is 18.6 Å². The van der Waals surface area contributed by atoms with Crippen LogP contribution in [0.25, 0.3) is 0 Å². The first kappa shape index (κ1) is 15.7. The third-order valence-corrected chi connectivity index (χ3v) is 4.30. The number of nitrogens with zero attached hydrogens (tertiary/aromatic N) is 1. The van der Waals surface area contributed by atoms with Crippen LogP contribution in [0.2, 0.25) is 0 Å². The van der Waals surface area contributed by atoms with Crippen molar-refractivity contribution in [1.29, 1.82) is 0 Å². The Morgan fingerprint density at radius 3 is 2.77 bits per heavy atom. The molecule has 0 saturated carbocycles. The summed E-state index contributed by atoms with van der Waals surface area (Å²) in [6.07, 6.45) is 6.54. The van der Waals surface area contributed by atoms with Crippen LogP contribution in [0.5, 0.6) is 0 Å². The minimum Gasteiger partial charge on any atom is -0.449 e. The predicted molar refractivity (Wildman–Crippen MR) is 81.4 cm³/mol. The molecule has 1 aromatic heterocycles. The van der Waals surface area contributed by atoms with Crippen LogP contribution in [0, 0.1) is 6.92 Å². The standard InChI is InChI=1S/C17H25NO4/c1-4-13-7-11(2)8-15(21-13)9-14-5-6-19-17(22-14)16-10-20-12(3)18-16/h10,13-15,17H,2,4-9H2,1,3H3/t13-,14-,15+,17-/m0/s1. The van der Waals surface area contributed by atoms with Gasteiger partial charge in [-0.3, -0.25) is 0 Å². The monoisotopic (exact) mass is 307 g/mol. The fraction of sp³-hybridized carbons (Fsp3) is 0.706. The third kappa shape index (κ3) is 3.77. The van der Waals surface area contributed by atoms with Crippen LogP contribution in [-0.4, -0.2) is 29.9 Å². The van der Waals surface area contributed by atoms with Crippen LogP contribution in [0.3, 0.4) is 0 Å². The summed E-state index contributed by atoms with van der Waals surface area (Å²) in [5, 5.41) is 0. The predicted octanol–water partition coefficient (Wildman–Crippen LogP) is 3.69. The van der Waals surface area contributed by atoms with Crippen molar-refractivity contribution in [2.45, 2.75) is 70.6 Å². The van der Waals surface area contributed by atoms with Crippen molar-refractivity contribution in [3.63, 3.8) is 0 Å². The van der Waals surface area contributed by atoms with Crippen molar-refractivity contribution < 1.29 is 18.6 Å². The lowest BCUT2D eigenvalue weighted by Crippen LogP contribution is -2.35. The molecule has 3 heterocycles. The molecular formula is C17H25NO4. The van der Waals surface area contributed by atoms with Gasteiger partial charge in [0.2, 0.25) is 6.29 Å². The lowest BCUT2D eigenvalue weighted by molar-refractivity contribution is -0.227. The Hall–Kier alpha value is -1.17. The first-order valence-electron chi connectivity index (χ1n) is 8.15. The maximum atomic E-state index is 6.14. The van der Waals surface area contributed by atoms with Crippen LogP contribution in [0.1, 0.15) is 56.9 Å². The van der Waals surface area contributed by atoms with Gasteiger partial charge in [0.15, 0.2) is 5.89 Å². The van der Waals surface area contributed by atoms with E-state index in [0.29, 0.717) is 24.3 Å². The van der Waals surface area contributed by atoms with Crippen LogP contribution in [0.4, 0.5) is 0 Å². The lowest BCUT2D eigenvalue weighted by atomic mass is 9.94. The number of aryl methyl sites for hydroxylation is 1. The summed E-state index contributed by atoms with van der Waals surface area (Å²) in [7, 11) is 0. The van der Waals surface area contributed by atoms with E-state index in [9.17, 15) is 0 Å². The second kappa shape index (κ2) is 6.94. The number of ether oxygens (including phenoxy) is 3. The van der Waals surface area contributed by atoms with E-state index < -0.39 is 6.29 Å². The maximum absolute atomic E-state index is 6.14. The molecule has 2 aliphatic rings. The first-order valence-corrected chi connectivity index (χ1v) is 8.15. The molecule has 0 aromatic carbocycles. The molecule has 5 heteroatoms. The molecule has 22 heavy (non-hydrogen) atoms. The van der Waals surface area contributed by atoms with Crippen molar-refractivity contribution in [2.75, 3.05) is 6.61 Å². The van der Waals surface area contributed by atoms with Crippen molar-refractivity contribution in [1.82, 2.24) is 4.98 Å². The molecule has 4 atom stereocenters. The third-order valence-electron chi connectivity index (χ3n) is 4.30. The minimum absolute atomic E-state index is 0.129. The highest BCUT2D eigenvalue weighted by Gasteiger charge is 2.31. The SMILES string of the molecule is C=C1C[C@H](C[C@@H]2CCO[C@H](c3coc(C)n3)O2)O[C@@H](CC)C1. The molecule has 0 radical (unpaired) electrons. The second-order valence-corrected chi connectivity index (χ2v) is 6.22. The molecule has 0 amide bonds. The zero-order valence-electron chi connectivity index (χ0n) is 13.4. The Balaban J connectivity index is 1.57. The summed E-state index contributed by atoms with van der Waals surface area (Å²) in [5.74, 6) is 0.627. The molecule has 0 aliphatic carbocycles. The van der Waals surface area contributed by atoms with Crippen molar-refractivity contribution >= 4 is 0 Å². The molecule has 0 N–H and O–H groups in total. The lowest BCUT2D eigenvalue weighted by Gasteiger charge is -2.35. The fourth-order valence-electron chi connectivity index (χ4n) is 3.17. The van der Waals surface area contributed by atoms with Crippen LogP contribution in [-0.2, 0) is 14.2 Å². The van der Waals surface area contributed by atoms with E-state index in [1.807, 2.05) is 6.92 Å². The van der Waals surface area contributed by atoms with E-state index in [2.05, 4.69) is 18.5 Å². The van der Waals surface area contributed by atoms with Gasteiger partial charge in [0.1, 0.15) is 12.0 Å². The van der Waals surface area contributed by atoms with Gasteiger partial charge >= 0.3 is 0 Å². The summed E-state index contributed by atoms with van der Waals surface area (Å²) in [5.41, 5.74) is 2.00. The quantitative estimate of drug-likeness (QED) is 0.794. The second-order valence-electron chi connectivity index (χ2n) is 6.22. The number of oxazole rings is 1. The smallest absolute Gasteiger partial charge is 0.204 e. The highest BCUT2D eigenvalue weighted by atomic mass is 16.7. The van der Waals surface area contributed by atoms with Crippen LogP contribution in [0.15, 0.2) is 22.8 Å². The highest BCUT2D eigenvalue weighted by Crippen LogP contribution is 2.32. The summed E-state index contributed by atoms with van der Waals surface area (Å²) in [6, 6.07) is 0. The van der Waals surface area contributed by atoms with Gasteiger partial charge in [0, 0.05) is 13.3 Å². The van der Waals surface area contributed by atoms with Gasteiger partial charge in [-0.15, -0.1) is 0 Å². The number of aromatic nitrogens is 1. The minimum atomic E-state index is -0.426. The van der Waals surface area contributed by atoms with Crippen molar-refractivity contribution in [2.24, 2.45) is 0 Å². The summed E-state index contributed by atoms with van der Waals surface area (Å²) in [6.45, 7) is 8.80. The van der Waals surface area contributed by atoms with Gasteiger partial charge in [0.05, 0.1) is 24.9 Å². The van der Waals surface area contributed by atoms with Gasteiger partial charge in [-0.25, -0.2) is 4.98 Å². The molecule has 1 aromatic rings. The molecular weight excluding hydrogens is 282 g/mol. The van der Waals surface area contributed by atoms with Gasteiger partial charge in [-0.05, 0) is 25.7 Å². The van der Waals surface area contributed by atoms with Crippen LogP contribution < -0.4 is 0 Å². The average Bonchev–Trinajstić information content (AvgIpc) is 2.93. The zero-order valence-corrected chi connectivity index (χ0v) is 13.4. The molecule has 5 nitrogen and oxygen atoms in total. The van der Waals surface area contributed by atoms with Gasteiger partial charge in [-0.2, -0.15) is 0 Å². The Kier molecular flexibility index (Phi) is 4.96. The topological polar surface area (TPSA) is 53.7 Å². The molecule has 2 aliphatic heterocycles. The Morgan fingerprint density at radius 2 is 2.05 bits per heavy atom. The first-order chi connectivity index (χ1) is 10.6. The van der Waals surface area contributed by atoms with Gasteiger partial charge in [0.25, 0.3) is 0 Å². The zero-order chi connectivity index (χ0) is 15.5. The maximum Gasteiger partial charge on any atom is 0.204 e. The molecule has 0 unspecified atom stereocenters. The van der Waals surface area contributed by atoms with E-state index in [0.717, 1.165) is 32.1 Å². The largest absolute Gasteiger partial charge is 0.449 e. The Bertz CT molecular complexity index is 513. The Morgan fingerprint density at radius 1 is 1.23 bits per heavy atom. The van der Waals surface area contributed by atoms with E-state index in [4.69, 9.17) is 18.6 Å². The average molecular weight is 307 g/mol.